The minimum absolute atomic E-state index is 0. The fourth-order valence-electron chi connectivity index (χ4n) is 2.58. The molecule has 0 spiro atoms. The lowest BCUT2D eigenvalue weighted by atomic mass is 10.2. The number of carbonyl (C=O) groups is 2. The maximum atomic E-state index is 12.3. The van der Waals surface area contributed by atoms with Gasteiger partial charge in [0.05, 0.1) is 6.26 Å². The summed E-state index contributed by atoms with van der Waals surface area (Å²) < 4.78 is 5.00. The van der Waals surface area contributed by atoms with Gasteiger partial charge in [0.2, 0.25) is 5.91 Å². The third kappa shape index (κ3) is 5.03. The number of halogens is 1. The largest absolute Gasteiger partial charge is 0.459 e. The van der Waals surface area contributed by atoms with Crippen molar-refractivity contribution in [2.75, 3.05) is 26.2 Å². The molecule has 2 rings (SSSR count). The lowest BCUT2D eigenvalue weighted by molar-refractivity contribution is -0.133. The van der Waals surface area contributed by atoms with E-state index in [4.69, 9.17) is 4.42 Å². The van der Waals surface area contributed by atoms with E-state index in [9.17, 15) is 9.59 Å². The van der Waals surface area contributed by atoms with Crippen molar-refractivity contribution >= 4 is 24.2 Å². The van der Waals surface area contributed by atoms with Gasteiger partial charge in [-0.15, -0.1) is 12.4 Å². The van der Waals surface area contributed by atoms with Crippen LogP contribution in [0, 0.1) is 0 Å². The van der Waals surface area contributed by atoms with Crippen molar-refractivity contribution in [1.29, 1.82) is 0 Å². The second-order valence-corrected chi connectivity index (χ2v) is 5.22. The topological polar surface area (TPSA) is 74.6 Å². The fraction of sp³-hybridized carbons (Fsp3) is 0.600. The highest BCUT2D eigenvalue weighted by molar-refractivity contribution is 5.91. The molecule has 0 bridgehead atoms. The SMILES string of the molecule is CCCN(C(=O)CCNC(=O)c1ccco1)C1CCNC1.Cl. The quantitative estimate of drug-likeness (QED) is 0.793. The van der Waals surface area contributed by atoms with Crippen molar-refractivity contribution in [1.82, 2.24) is 15.5 Å². The Balaban J connectivity index is 0.00000242. The minimum Gasteiger partial charge on any atom is -0.459 e. The van der Waals surface area contributed by atoms with Gasteiger partial charge in [-0.1, -0.05) is 6.92 Å². The van der Waals surface area contributed by atoms with Crippen LogP contribution in [0.4, 0.5) is 0 Å². The van der Waals surface area contributed by atoms with Crippen LogP contribution in [0.1, 0.15) is 36.7 Å². The van der Waals surface area contributed by atoms with Gasteiger partial charge in [-0.2, -0.15) is 0 Å². The molecule has 2 heterocycles. The van der Waals surface area contributed by atoms with Crippen LogP contribution in [0.5, 0.6) is 0 Å². The van der Waals surface area contributed by atoms with Crippen LogP contribution in [0.15, 0.2) is 22.8 Å². The van der Waals surface area contributed by atoms with Gasteiger partial charge in [-0.05, 0) is 31.5 Å². The van der Waals surface area contributed by atoms with Gasteiger partial charge < -0.3 is 20.0 Å². The first-order valence-electron chi connectivity index (χ1n) is 7.54. The lowest BCUT2D eigenvalue weighted by Crippen LogP contribution is -2.43. The van der Waals surface area contributed by atoms with Crippen molar-refractivity contribution in [3.8, 4) is 0 Å². The fourth-order valence-corrected chi connectivity index (χ4v) is 2.58. The molecule has 0 aromatic carbocycles. The van der Waals surface area contributed by atoms with Gasteiger partial charge in [0.1, 0.15) is 0 Å². The molecule has 6 nitrogen and oxygen atoms in total. The van der Waals surface area contributed by atoms with E-state index >= 15 is 0 Å². The second-order valence-electron chi connectivity index (χ2n) is 5.22. The van der Waals surface area contributed by atoms with Gasteiger partial charge in [0, 0.05) is 32.1 Å². The van der Waals surface area contributed by atoms with E-state index in [1.165, 1.54) is 6.26 Å². The van der Waals surface area contributed by atoms with Crippen LogP contribution in [-0.4, -0.2) is 48.9 Å². The number of rotatable bonds is 7. The Morgan fingerprint density at radius 1 is 1.50 bits per heavy atom. The molecule has 2 N–H and O–H groups in total. The Morgan fingerprint density at radius 3 is 2.91 bits per heavy atom. The molecule has 1 saturated heterocycles. The van der Waals surface area contributed by atoms with E-state index in [1.54, 1.807) is 12.1 Å². The zero-order valence-electron chi connectivity index (χ0n) is 12.8. The number of nitrogens with one attached hydrogen (secondary N) is 2. The van der Waals surface area contributed by atoms with Crippen LogP contribution in [0.2, 0.25) is 0 Å². The third-order valence-electron chi connectivity index (χ3n) is 3.63. The van der Waals surface area contributed by atoms with Gasteiger partial charge in [0.15, 0.2) is 5.76 Å². The smallest absolute Gasteiger partial charge is 0.286 e. The second kappa shape index (κ2) is 9.48. The predicted molar refractivity (Wildman–Crippen MR) is 86.2 cm³/mol. The molecule has 2 amide bonds. The number of nitrogens with zero attached hydrogens (tertiary/aromatic N) is 1. The summed E-state index contributed by atoms with van der Waals surface area (Å²) in [6, 6.07) is 3.55. The van der Waals surface area contributed by atoms with E-state index in [2.05, 4.69) is 17.6 Å². The molecular formula is C15H24ClN3O3. The summed E-state index contributed by atoms with van der Waals surface area (Å²) in [5.74, 6) is 0.0931. The summed E-state index contributed by atoms with van der Waals surface area (Å²) >= 11 is 0. The van der Waals surface area contributed by atoms with E-state index in [-0.39, 0.29) is 30.0 Å². The number of hydrogen-bond acceptors (Lipinski definition) is 4. The standard InChI is InChI=1S/C15H23N3O3.ClH/c1-2-9-18(12-5-7-16-11-12)14(19)6-8-17-15(20)13-4-3-10-21-13;/h3-4,10,12,16H,2,5-9,11H2,1H3,(H,17,20);1H. The van der Waals surface area contributed by atoms with Crippen molar-refractivity contribution in [2.45, 2.75) is 32.2 Å². The zero-order valence-corrected chi connectivity index (χ0v) is 13.7. The third-order valence-corrected chi connectivity index (χ3v) is 3.63. The summed E-state index contributed by atoms with van der Waals surface area (Å²) in [7, 11) is 0. The van der Waals surface area contributed by atoms with Gasteiger partial charge in [-0.25, -0.2) is 0 Å². The number of furan rings is 1. The van der Waals surface area contributed by atoms with Crippen LogP contribution in [0.3, 0.4) is 0 Å². The molecule has 1 aliphatic rings. The Bertz CT molecular complexity index is 459. The highest BCUT2D eigenvalue weighted by Crippen LogP contribution is 2.11. The molecule has 0 saturated carbocycles. The Kier molecular flexibility index (Phi) is 7.98. The molecule has 7 heteroatoms. The van der Waals surface area contributed by atoms with Crippen LogP contribution in [-0.2, 0) is 4.79 Å². The molecule has 22 heavy (non-hydrogen) atoms. The molecule has 1 aromatic rings. The number of carbonyl (C=O) groups excluding carboxylic acids is 2. The first-order chi connectivity index (χ1) is 10.2. The average Bonchev–Trinajstić information content (AvgIpc) is 3.17. The highest BCUT2D eigenvalue weighted by atomic mass is 35.5. The maximum Gasteiger partial charge on any atom is 0.286 e. The molecule has 1 fully saturated rings. The van der Waals surface area contributed by atoms with E-state index in [1.807, 2.05) is 4.90 Å². The molecule has 0 aliphatic carbocycles. The monoisotopic (exact) mass is 329 g/mol. The number of hydrogen-bond donors (Lipinski definition) is 2. The van der Waals surface area contributed by atoms with E-state index < -0.39 is 0 Å². The van der Waals surface area contributed by atoms with Gasteiger partial charge in [-0.3, -0.25) is 9.59 Å². The normalized spacial score (nSPS) is 16.9. The number of amides is 2. The molecule has 0 radical (unpaired) electrons. The first-order valence-corrected chi connectivity index (χ1v) is 7.54. The Hall–Kier alpha value is -1.53. The van der Waals surface area contributed by atoms with Gasteiger partial charge >= 0.3 is 0 Å². The Labute approximate surface area is 137 Å². The van der Waals surface area contributed by atoms with Crippen molar-refractivity contribution in [2.24, 2.45) is 0 Å². The van der Waals surface area contributed by atoms with Crippen molar-refractivity contribution in [3.05, 3.63) is 24.2 Å². The first kappa shape index (κ1) is 18.5. The van der Waals surface area contributed by atoms with Crippen molar-refractivity contribution < 1.29 is 14.0 Å². The van der Waals surface area contributed by atoms with Gasteiger partial charge in [0.25, 0.3) is 5.91 Å². The average molecular weight is 330 g/mol. The molecule has 1 atom stereocenters. The summed E-state index contributed by atoms with van der Waals surface area (Å²) in [6.07, 6.45) is 3.73. The Morgan fingerprint density at radius 2 is 2.32 bits per heavy atom. The lowest BCUT2D eigenvalue weighted by Gasteiger charge is -2.28. The summed E-state index contributed by atoms with van der Waals surface area (Å²) in [5.41, 5.74) is 0. The zero-order chi connectivity index (χ0) is 15.1. The molecular weight excluding hydrogens is 306 g/mol. The molecule has 1 unspecified atom stereocenters. The molecule has 1 aromatic heterocycles. The van der Waals surface area contributed by atoms with E-state index in [0.717, 1.165) is 32.5 Å². The summed E-state index contributed by atoms with van der Waals surface area (Å²) in [4.78, 5) is 26.0. The van der Waals surface area contributed by atoms with Crippen molar-refractivity contribution in [3.63, 3.8) is 0 Å². The van der Waals surface area contributed by atoms with E-state index in [0.29, 0.717) is 19.0 Å². The van der Waals surface area contributed by atoms with Crippen LogP contribution < -0.4 is 10.6 Å². The van der Waals surface area contributed by atoms with Crippen LogP contribution >= 0.6 is 12.4 Å². The molecule has 1 aliphatic heterocycles. The summed E-state index contributed by atoms with van der Waals surface area (Å²) in [5, 5.41) is 5.99. The summed E-state index contributed by atoms with van der Waals surface area (Å²) in [6.45, 7) is 5.01. The predicted octanol–water partition coefficient (Wildman–Crippen LogP) is 1.42. The maximum absolute atomic E-state index is 12.3. The molecule has 124 valence electrons. The highest BCUT2D eigenvalue weighted by Gasteiger charge is 2.25. The van der Waals surface area contributed by atoms with Crippen LogP contribution in [0.25, 0.3) is 0 Å². The minimum atomic E-state index is -0.280.